The fraction of sp³-hybridized carbons (Fsp3) is 0.188. The highest BCUT2D eigenvalue weighted by Gasteiger charge is 2.25. The first-order valence-corrected chi connectivity index (χ1v) is 7.23. The van der Waals surface area contributed by atoms with Crippen LogP contribution in [0.15, 0.2) is 46.9 Å². The summed E-state index contributed by atoms with van der Waals surface area (Å²) in [4.78, 5) is 2.09. The van der Waals surface area contributed by atoms with E-state index in [4.69, 9.17) is 5.41 Å². The fourth-order valence-corrected chi connectivity index (χ4v) is 3.00. The molecule has 3 heteroatoms. The van der Waals surface area contributed by atoms with Crippen LogP contribution in [0.5, 0.6) is 0 Å². The highest BCUT2D eigenvalue weighted by molar-refractivity contribution is 9.10. The zero-order chi connectivity index (χ0) is 13.4. The molecule has 0 radical (unpaired) electrons. The third kappa shape index (κ3) is 2.08. The van der Waals surface area contributed by atoms with Crippen LogP contribution in [0.4, 0.5) is 5.69 Å². The smallest absolute Gasteiger partial charge is 0.133 e. The van der Waals surface area contributed by atoms with Gasteiger partial charge in [-0.2, -0.15) is 0 Å². The predicted octanol–water partition coefficient (Wildman–Crippen LogP) is 4.36. The van der Waals surface area contributed by atoms with Crippen LogP contribution in [0.25, 0.3) is 0 Å². The van der Waals surface area contributed by atoms with Crippen molar-refractivity contribution in [3.05, 3.63) is 63.6 Å². The third-order valence-electron chi connectivity index (χ3n) is 3.58. The van der Waals surface area contributed by atoms with Gasteiger partial charge < -0.3 is 4.90 Å². The standard InChI is InChI=1S/C16H15BrN2/c1-2-11-9-13(17)7-8-15(11)19-10-12-5-3-4-6-14(12)16(19)18/h3-9,18H,2,10H2,1H3. The summed E-state index contributed by atoms with van der Waals surface area (Å²) in [6.07, 6.45) is 0.967. The third-order valence-corrected chi connectivity index (χ3v) is 4.08. The first-order chi connectivity index (χ1) is 9.20. The van der Waals surface area contributed by atoms with Gasteiger partial charge in [-0.05, 0) is 35.7 Å². The second-order valence-corrected chi connectivity index (χ2v) is 5.63. The molecule has 0 atom stereocenters. The first-order valence-electron chi connectivity index (χ1n) is 6.43. The van der Waals surface area contributed by atoms with Crippen LogP contribution in [0.2, 0.25) is 0 Å². The average molecular weight is 315 g/mol. The van der Waals surface area contributed by atoms with Crippen molar-refractivity contribution < 1.29 is 0 Å². The number of nitrogens with zero attached hydrogens (tertiary/aromatic N) is 1. The van der Waals surface area contributed by atoms with Crippen LogP contribution in [0, 0.1) is 5.41 Å². The topological polar surface area (TPSA) is 27.1 Å². The summed E-state index contributed by atoms with van der Waals surface area (Å²) in [7, 11) is 0. The SMILES string of the molecule is CCc1cc(Br)ccc1N1Cc2ccccc2C1=N. The van der Waals surface area contributed by atoms with Crippen LogP contribution in [0.3, 0.4) is 0 Å². The zero-order valence-corrected chi connectivity index (χ0v) is 12.4. The van der Waals surface area contributed by atoms with Gasteiger partial charge in [-0.3, -0.25) is 5.41 Å². The molecule has 0 aromatic heterocycles. The molecule has 0 spiro atoms. The summed E-state index contributed by atoms with van der Waals surface area (Å²) in [5.74, 6) is 0.604. The second-order valence-electron chi connectivity index (χ2n) is 4.72. The van der Waals surface area contributed by atoms with Gasteiger partial charge in [-0.15, -0.1) is 0 Å². The Kier molecular flexibility index (Phi) is 3.15. The second kappa shape index (κ2) is 4.82. The van der Waals surface area contributed by atoms with Gasteiger partial charge in [0, 0.05) is 15.7 Å². The van der Waals surface area contributed by atoms with Crippen molar-refractivity contribution in [3.63, 3.8) is 0 Å². The molecule has 0 fully saturated rings. The molecule has 1 aliphatic rings. The highest BCUT2D eigenvalue weighted by Crippen LogP contribution is 2.32. The number of anilines is 1. The number of hydrogen-bond acceptors (Lipinski definition) is 1. The normalized spacial score (nSPS) is 13.8. The molecule has 3 rings (SSSR count). The molecular formula is C16H15BrN2. The Labute approximate surface area is 121 Å². The Morgan fingerprint density at radius 2 is 2.00 bits per heavy atom. The minimum absolute atomic E-state index is 0.604. The quantitative estimate of drug-likeness (QED) is 0.876. The van der Waals surface area contributed by atoms with E-state index in [1.165, 1.54) is 11.1 Å². The van der Waals surface area contributed by atoms with Crippen molar-refractivity contribution in [2.24, 2.45) is 0 Å². The Hall–Kier alpha value is -1.61. The minimum atomic E-state index is 0.604. The number of hydrogen-bond donors (Lipinski definition) is 1. The number of nitrogens with one attached hydrogen (secondary N) is 1. The van der Waals surface area contributed by atoms with Gasteiger partial charge in [0.25, 0.3) is 0 Å². The lowest BCUT2D eigenvalue weighted by molar-refractivity contribution is 1.01. The lowest BCUT2D eigenvalue weighted by atomic mass is 10.1. The van der Waals surface area contributed by atoms with E-state index in [1.807, 2.05) is 24.3 Å². The molecular weight excluding hydrogens is 300 g/mol. The molecule has 96 valence electrons. The maximum absolute atomic E-state index is 8.36. The van der Waals surface area contributed by atoms with Crippen LogP contribution >= 0.6 is 15.9 Å². The highest BCUT2D eigenvalue weighted by atomic mass is 79.9. The Bertz CT molecular complexity index is 649. The lowest BCUT2D eigenvalue weighted by Gasteiger charge is -2.21. The molecule has 1 heterocycles. The molecule has 0 saturated carbocycles. The molecule has 1 N–H and O–H groups in total. The lowest BCUT2D eigenvalue weighted by Crippen LogP contribution is -2.24. The summed E-state index contributed by atoms with van der Waals surface area (Å²) in [5.41, 5.74) is 4.70. The minimum Gasteiger partial charge on any atom is -0.322 e. The zero-order valence-electron chi connectivity index (χ0n) is 10.8. The van der Waals surface area contributed by atoms with E-state index in [1.54, 1.807) is 0 Å². The molecule has 0 unspecified atom stereocenters. The first kappa shape index (κ1) is 12.4. The molecule has 0 bridgehead atoms. The number of benzene rings is 2. The van der Waals surface area contributed by atoms with E-state index in [2.05, 4.69) is 46.0 Å². The molecule has 2 nitrogen and oxygen atoms in total. The molecule has 1 aliphatic heterocycles. The van der Waals surface area contributed by atoms with Crippen molar-refractivity contribution in [3.8, 4) is 0 Å². The maximum atomic E-state index is 8.36. The summed E-state index contributed by atoms with van der Waals surface area (Å²) in [6.45, 7) is 2.95. The van der Waals surface area contributed by atoms with Crippen LogP contribution in [0.1, 0.15) is 23.6 Å². The summed E-state index contributed by atoms with van der Waals surface area (Å²) >= 11 is 3.52. The number of halogens is 1. The largest absolute Gasteiger partial charge is 0.322 e. The van der Waals surface area contributed by atoms with E-state index in [0.29, 0.717) is 5.84 Å². The van der Waals surface area contributed by atoms with E-state index < -0.39 is 0 Å². The Balaban J connectivity index is 2.04. The molecule has 19 heavy (non-hydrogen) atoms. The van der Waals surface area contributed by atoms with Gasteiger partial charge in [-0.1, -0.05) is 47.1 Å². The van der Waals surface area contributed by atoms with Gasteiger partial charge in [0.2, 0.25) is 0 Å². The van der Waals surface area contributed by atoms with Crippen molar-refractivity contribution in [1.29, 1.82) is 5.41 Å². The van der Waals surface area contributed by atoms with E-state index in [9.17, 15) is 0 Å². The summed E-state index contributed by atoms with van der Waals surface area (Å²) in [5, 5.41) is 8.36. The number of rotatable bonds is 2. The predicted molar refractivity (Wildman–Crippen MR) is 83.0 cm³/mol. The summed E-state index contributed by atoms with van der Waals surface area (Å²) < 4.78 is 1.09. The van der Waals surface area contributed by atoms with E-state index in [-0.39, 0.29) is 0 Å². The van der Waals surface area contributed by atoms with Crippen molar-refractivity contribution in [1.82, 2.24) is 0 Å². The van der Waals surface area contributed by atoms with Crippen molar-refractivity contribution >= 4 is 27.5 Å². The van der Waals surface area contributed by atoms with Gasteiger partial charge in [0.05, 0.1) is 6.54 Å². The number of aryl methyl sites for hydroxylation is 1. The number of fused-ring (bicyclic) bond motifs is 1. The van der Waals surface area contributed by atoms with Gasteiger partial charge in [0.1, 0.15) is 5.84 Å². The molecule has 2 aromatic carbocycles. The van der Waals surface area contributed by atoms with Crippen molar-refractivity contribution in [2.75, 3.05) is 4.90 Å². The molecule has 2 aromatic rings. The van der Waals surface area contributed by atoms with E-state index >= 15 is 0 Å². The van der Waals surface area contributed by atoms with Crippen LogP contribution in [-0.4, -0.2) is 5.84 Å². The van der Waals surface area contributed by atoms with Crippen LogP contribution in [-0.2, 0) is 13.0 Å². The van der Waals surface area contributed by atoms with Gasteiger partial charge >= 0.3 is 0 Å². The Morgan fingerprint density at radius 3 is 2.74 bits per heavy atom. The average Bonchev–Trinajstić information content (AvgIpc) is 2.76. The monoisotopic (exact) mass is 314 g/mol. The van der Waals surface area contributed by atoms with Gasteiger partial charge in [-0.25, -0.2) is 0 Å². The van der Waals surface area contributed by atoms with Crippen LogP contribution < -0.4 is 4.90 Å². The molecule has 0 saturated heterocycles. The summed E-state index contributed by atoms with van der Waals surface area (Å²) in [6, 6.07) is 14.5. The van der Waals surface area contributed by atoms with E-state index in [0.717, 1.165) is 28.7 Å². The Morgan fingerprint density at radius 1 is 1.21 bits per heavy atom. The number of amidine groups is 1. The molecule has 0 amide bonds. The van der Waals surface area contributed by atoms with Crippen molar-refractivity contribution in [2.45, 2.75) is 19.9 Å². The maximum Gasteiger partial charge on any atom is 0.133 e. The molecule has 0 aliphatic carbocycles. The fourth-order valence-electron chi connectivity index (χ4n) is 2.59. The van der Waals surface area contributed by atoms with Gasteiger partial charge in [0.15, 0.2) is 0 Å².